The molecule has 1 unspecified atom stereocenters. The van der Waals surface area contributed by atoms with Gasteiger partial charge in [0.25, 0.3) is 0 Å². The van der Waals surface area contributed by atoms with Crippen LogP contribution in [0, 0.1) is 5.92 Å². The molecule has 14 heavy (non-hydrogen) atoms. The molecule has 0 fully saturated rings. The highest BCUT2D eigenvalue weighted by molar-refractivity contribution is 5.90. The van der Waals surface area contributed by atoms with Crippen LogP contribution in [0.4, 0.5) is 4.39 Å². The molecule has 0 aromatic heterocycles. The normalized spacial score (nSPS) is 30.9. The van der Waals surface area contributed by atoms with Gasteiger partial charge in [-0.25, -0.2) is 4.39 Å². The van der Waals surface area contributed by atoms with E-state index < -0.39 is 5.67 Å². The zero-order chi connectivity index (χ0) is 10.6. The van der Waals surface area contributed by atoms with Crippen LogP contribution >= 0.6 is 0 Å². The Balaban J connectivity index is 2.77. The summed E-state index contributed by atoms with van der Waals surface area (Å²) in [6.07, 6.45) is 7.52. The molecule has 1 atom stereocenters. The van der Waals surface area contributed by atoms with Crippen LogP contribution < -0.4 is 0 Å². The highest BCUT2D eigenvalue weighted by Crippen LogP contribution is 2.28. The van der Waals surface area contributed by atoms with E-state index in [-0.39, 0.29) is 11.7 Å². The van der Waals surface area contributed by atoms with Crippen molar-refractivity contribution in [3.63, 3.8) is 0 Å². The van der Waals surface area contributed by atoms with E-state index in [1.54, 1.807) is 13.8 Å². The lowest BCUT2D eigenvalue weighted by Gasteiger charge is -2.23. The summed E-state index contributed by atoms with van der Waals surface area (Å²) in [6, 6.07) is 0. The van der Waals surface area contributed by atoms with Crippen LogP contribution in [0.25, 0.3) is 0 Å². The van der Waals surface area contributed by atoms with Crippen LogP contribution in [0.1, 0.15) is 46.0 Å². The molecule has 2 heteroatoms. The zero-order valence-corrected chi connectivity index (χ0v) is 9.05. The van der Waals surface area contributed by atoms with Gasteiger partial charge in [-0.15, -0.1) is 0 Å². The Kier molecular flexibility index (Phi) is 3.85. The Morgan fingerprint density at radius 3 is 2.71 bits per heavy atom. The molecular formula is C12H19FO. The lowest BCUT2D eigenvalue weighted by atomic mass is 9.85. The second-order valence-electron chi connectivity index (χ2n) is 4.38. The van der Waals surface area contributed by atoms with Crippen LogP contribution in [0.2, 0.25) is 0 Å². The minimum absolute atomic E-state index is 0.218. The lowest BCUT2D eigenvalue weighted by molar-refractivity contribution is -0.131. The predicted octanol–water partition coefficient (Wildman–Crippen LogP) is 3.44. The molecule has 0 aromatic rings. The number of Topliss-reactive ketones (excluding diaryl/α,β-unsaturated/α-hetero) is 1. The molecule has 0 saturated heterocycles. The highest BCUT2D eigenvalue weighted by atomic mass is 19.1. The van der Waals surface area contributed by atoms with Gasteiger partial charge in [-0.1, -0.05) is 26.3 Å². The van der Waals surface area contributed by atoms with E-state index in [2.05, 4.69) is 0 Å². The van der Waals surface area contributed by atoms with Crippen molar-refractivity contribution in [1.29, 1.82) is 0 Å². The molecule has 0 amide bonds. The maximum atomic E-state index is 14.2. The molecule has 0 aliphatic heterocycles. The second-order valence-corrected chi connectivity index (χ2v) is 4.38. The van der Waals surface area contributed by atoms with E-state index in [1.807, 2.05) is 6.08 Å². The van der Waals surface area contributed by atoms with Gasteiger partial charge in [0.2, 0.25) is 0 Å². The highest BCUT2D eigenvalue weighted by Gasteiger charge is 2.36. The Labute approximate surface area is 85.4 Å². The molecular weight excluding hydrogens is 179 g/mol. The summed E-state index contributed by atoms with van der Waals surface area (Å²) >= 11 is 0. The molecule has 1 nitrogen and oxygen atoms in total. The second kappa shape index (κ2) is 4.72. The van der Waals surface area contributed by atoms with Crippen molar-refractivity contribution in [3.05, 3.63) is 12.2 Å². The molecule has 1 aliphatic carbocycles. The smallest absolute Gasteiger partial charge is 0.187 e. The third-order valence-electron chi connectivity index (χ3n) is 2.73. The number of hydrogen-bond donors (Lipinski definition) is 0. The van der Waals surface area contributed by atoms with Gasteiger partial charge in [0, 0.05) is 5.92 Å². The van der Waals surface area contributed by atoms with Gasteiger partial charge in [-0.05, 0) is 31.8 Å². The maximum absolute atomic E-state index is 14.2. The Morgan fingerprint density at radius 1 is 1.36 bits per heavy atom. The molecule has 0 radical (unpaired) electrons. The Bertz CT molecular complexity index is 232. The number of rotatable bonds is 2. The average Bonchev–Trinajstić information content (AvgIpc) is 2.10. The standard InChI is InChI=1S/C12H19FO/c1-10(2)11(14)12(13)8-6-4-3-5-7-9-12/h6,8,10H,3-5,7,9H2,1-2H3/b8-6-. The first-order chi connectivity index (χ1) is 6.56. The van der Waals surface area contributed by atoms with Crippen molar-refractivity contribution in [2.45, 2.75) is 51.6 Å². The Hall–Kier alpha value is -0.660. The van der Waals surface area contributed by atoms with Gasteiger partial charge in [-0.3, -0.25) is 4.79 Å². The number of hydrogen-bond acceptors (Lipinski definition) is 1. The molecule has 0 spiro atoms. The number of ketones is 1. The first-order valence-corrected chi connectivity index (χ1v) is 5.47. The van der Waals surface area contributed by atoms with Gasteiger partial charge in [0.05, 0.1) is 0 Å². The summed E-state index contributed by atoms with van der Waals surface area (Å²) in [6.45, 7) is 3.52. The first-order valence-electron chi connectivity index (χ1n) is 5.47. The molecule has 0 heterocycles. The van der Waals surface area contributed by atoms with Crippen LogP contribution in [-0.2, 0) is 4.79 Å². The van der Waals surface area contributed by atoms with Crippen molar-refractivity contribution in [2.75, 3.05) is 0 Å². The molecule has 80 valence electrons. The molecule has 0 bridgehead atoms. The number of carbonyl (C=O) groups excluding carboxylic acids is 1. The third-order valence-corrected chi connectivity index (χ3v) is 2.73. The lowest BCUT2D eigenvalue weighted by Crippen LogP contribution is -2.35. The predicted molar refractivity (Wildman–Crippen MR) is 55.9 cm³/mol. The summed E-state index contributed by atoms with van der Waals surface area (Å²) in [5.41, 5.74) is -1.69. The van der Waals surface area contributed by atoms with E-state index in [1.165, 1.54) is 6.08 Å². The van der Waals surface area contributed by atoms with Crippen molar-refractivity contribution in [2.24, 2.45) is 5.92 Å². The number of halogens is 1. The SMILES string of the molecule is CC(C)C(=O)C1(F)/C=C\CCCCC1. The van der Waals surface area contributed by atoms with Crippen molar-refractivity contribution in [3.8, 4) is 0 Å². The quantitative estimate of drug-likeness (QED) is 0.621. The number of alkyl halides is 1. The fourth-order valence-corrected chi connectivity index (χ4v) is 1.86. The minimum atomic E-state index is -1.69. The molecule has 0 saturated carbocycles. The van der Waals surface area contributed by atoms with Crippen molar-refractivity contribution in [1.82, 2.24) is 0 Å². The zero-order valence-electron chi connectivity index (χ0n) is 9.05. The fourth-order valence-electron chi connectivity index (χ4n) is 1.86. The van der Waals surface area contributed by atoms with Crippen LogP contribution in [0.15, 0.2) is 12.2 Å². The van der Waals surface area contributed by atoms with Crippen molar-refractivity contribution >= 4 is 5.78 Å². The summed E-state index contributed by atoms with van der Waals surface area (Å²) in [5, 5.41) is 0. The van der Waals surface area contributed by atoms with E-state index in [9.17, 15) is 9.18 Å². The minimum Gasteiger partial charge on any atom is -0.295 e. The molecule has 0 N–H and O–H groups in total. The topological polar surface area (TPSA) is 17.1 Å². The average molecular weight is 198 g/mol. The maximum Gasteiger partial charge on any atom is 0.187 e. The number of allylic oxidation sites excluding steroid dienone is 2. The largest absolute Gasteiger partial charge is 0.295 e. The number of carbonyl (C=O) groups is 1. The molecule has 1 rings (SSSR count). The van der Waals surface area contributed by atoms with Gasteiger partial charge in [0.15, 0.2) is 11.5 Å². The summed E-state index contributed by atoms with van der Waals surface area (Å²) < 4.78 is 14.2. The summed E-state index contributed by atoms with van der Waals surface area (Å²) in [7, 11) is 0. The summed E-state index contributed by atoms with van der Waals surface area (Å²) in [5.74, 6) is -0.486. The summed E-state index contributed by atoms with van der Waals surface area (Å²) in [4.78, 5) is 11.7. The van der Waals surface area contributed by atoms with Crippen LogP contribution in [0.5, 0.6) is 0 Å². The first kappa shape index (κ1) is 11.4. The monoisotopic (exact) mass is 198 g/mol. The van der Waals surface area contributed by atoms with Gasteiger partial charge in [0.1, 0.15) is 0 Å². The van der Waals surface area contributed by atoms with E-state index in [0.29, 0.717) is 6.42 Å². The van der Waals surface area contributed by atoms with Crippen LogP contribution in [0.3, 0.4) is 0 Å². The van der Waals surface area contributed by atoms with Crippen LogP contribution in [-0.4, -0.2) is 11.5 Å². The van der Waals surface area contributed by atoms with E-state index >= 15 is 0 Å². The van der Waals surface area contributed by atoms with Gasteiger partial charge >= 0.3 is 0 Å². The van der Waals surface area contributed by atoms with E-state index in [0.717, 1.165) is 25.7 Å². The fraction of sp³-hybridized carbons (Fsp3) is 0.750. The Morgan fingerprint density at radius 2 is 2.07 bits per heavy atom. The molecule has 0 aromatic carbocycles. The van der Waals surface area contributed by atoms with Gasteiger partial charge < -0.3 is 0 Å². The molecule has 1 aliphatic rings. The van der Waals surface area contributed by atoms with Gasteiger partial charge in [-0.2, -0.15) is 0 Å². The van der Waals surface area contributed by atoms with E-state index in [4.69, 9.17) is 0 Å². The van der Waals surface area contributed by atoms with Crippen molar-refractivity contribution < 1.29 is 9.18 Å². The third kappa shape index (κ3) is 2.66.